The molecular formula is C12H12ClNO2. The minimum Gasteiger partial charge on any atom is -0.425 e. The second kappa shape index (κ2) is 6.14. The molecule has 1 atom stereocenters. The van der Waals surface area contributed by atoms with Gasteiger partial charge in [-0.25, -0.2) is 0 Å². The van der Waals surface area contributed by atoms with Crippen LogP contribution in [0.2, 0.25) is 0 Å². The molecule has 1 rings (SSSR count). The first kappa shape index (κ1) is 12.5. The highest BCUT2D eigenvalue weighted by molar-refractivity contribution is 6.30. The first-order valence-corrected chi connectivity index (χ1v) is 5.36. The number of halogens is 1. The summed E-state index contributed by atoms with van der Waals surface area (Å²) in [4.78, 5) is 11.4. The smallest absolute Gasteiger partial charge is 0.329 e. The maximum Gasteiger partial charge on any atom is 0.329 e. The van der Waals surface area contributed by atoms with Crippen LogP contribution in [0.3, 0.4) is 0 Å². The summed E-state index contributed by atoms with van der Waals surface area (Å²) < 4.78 is 5.05. The molecule has 4 heteroatoms. The number of rotatable bonds is 4. The monoisotopic (exact) mass is 237 g/mol. The molecule has 1 aromatic rings. The van der Waals surface area contributed by atoms with Gasteiger partial charge < -0.3 is 4.74 Å². The zero-order chi connectivity index (χ0) is 12.0. The highest BCUT2D eigenvalue weighted by atomic mass is 35.5. The third-order valence-electron chi connectivity index (χ3n) is 2.00. The largest absolute Gasteiger partial charge is 0.425 e. The van der Waals surface area contributed by atoms with Crippen molar-refractivity contribution < 1.29 is 9.53 Å². The molecule has 0 aliphatic heterocycles. The van der Waals surface area contributed by atoms with Crippen LogP contribution in [0.15, 0.2) is 24.3 Å². The molecule has 0 bridgehead atoms. The number of hydrogen-bond acceptors (Lipinski definition) is 3. The Morgan fingerprint density at radius 2 is 2.12 bits per heavy atom. The molecule has 0 spiro atoms. The van der Waals surface area contributed by atoms with Crippen LogP contribution in [-0.4, -0.2) is 11.3 Å². The van der Waals surface area contributed by atoms with Crippen LogP contribution in [0.5, 0.6) is 5.75 Å². The summed E-state index contributed by atoms with van der Waals surface area (Å²) in [6.07, 6.45) is 0.555. The average molecular weight is 238 g/mol. The number of benzene rings is 1. The number of alkyl halides is 1. The molecule has 0 amide bonds. The Morgan fingerprint density at radius 1 is 1.50 bits per heavy atom. The molecule has 3 nitrogen and oxygen atoms in total. The van der Waals surface area contributed by atoms with E-state index in [-0.39, 0.29) is 6.42 Å². The lowest BCUT2D eigenvalue weighted by Gasteiger charge is -2.07. The normalized spacial score (nSPS) is 11.6. The van der Waals surface area contributed by atoms with Gasteiger partial charge in [-0.1, -0.05) is 17.7 Å². The predicted molar refractivity (Wildman–Crippen MR) is 61.3 cm³/mol. The van der Waals surface area contributed by atoms with E-state index in [1.807, 2.05) is 25.1 Å². The molecule has 0 heterocycles. The lowest BCUT2D eigenvalue weighted by molar-refractivity contribution is -0.134. The number of aryl methyl sites for hydroxylation is 1. The van der Waals surface area contributed by atoms with E-state index in [0.717, 1.165) is 5.56 Å². The number of nitriles is 1. The van der Waals surface area contributed by atoms with E-state index in [0.29, 0.717) is 12.2 Å². The molecule has 0 aromatic heterocycles. The highest BCUT2D eigenvalue weighted by Crippen LogP contribution is 2.14. The third-order valence-corrected chi connectivity index (χ3v) is 2.40. The summed E-state index contributed by atoms with van der Waals surface area (Å²) in [7, 11) is 0. The van der Waals surface area contributed by atoms with E-state index < -0.39 is 11.3 Å². The molecule has 1 aromatic carbocycles. The van der Waals surface area contributed by atoms with Crippen LogP contribution in [0, 0.1) is 18.3 Å². The van der Waals surface area contributed by atoms with Gasteiger partial charge >= 0.3 is 5.97 Å². The van der Waals surface area contributed by atoms with Crippen molar-refractivity contribution in [2.45, 2.75) is 25.1 Å². The van der Waals surface area contributed by atoms with Gasteiger partial charge in [0, 0.05) is 6.42 Å². The second-order valence-corrected chi connectivity index (χ2v) is 3.93. The minimum atomic E-state index is -0.763. The molecule has 16 heavy (non-hydrogen) atoms. The molecule has 0 aliphatic rings. The van der Waals surface area contributed by atoms with Crippen LogP contribution < -0.4 is 4.74 Å². The van der Waals surface area contributed by atoms with E-state index in [4.69, 9.17) is 21.6 Å². The van der Waals surface area contributed by atoms with Gasteiger partial charge in [0.15, 0.2) is 0 Å². The molecular weight excluding hydrogens is 226 g/mol. The summed E-state index contributed by atoms with van der Waals surface area (Å²) >= 11 is 5.77. The van der Waals surface area contributed by atoms with E-state index in [2.05, 4.69) is 0 Å². The van der Waals surface area contributed by atoms with Crippen molar-refractivity contribution >= 4 is 17.6 Å². The highest BCUT2D eigenvalue weighted by Gasteiger charge is 2.17. The molecule has 0 aliphatic carbocycles. The van der Waals surface area contributed by atoms with Crippen molar-refractivity contribution in [1.82, 2.24) is 0 Å². The molecule has 84 valence electrons. The van der Waals surface area contributed by atoms with Crippen molar-refractivity contribution in [1.29, 1.82) is 5.26 Å². The standard InChI is InChI=1S/C12H12ClNO2/c1-9-4-6-10(7-5-9)16-12(15)11(13)3-2-8-14/h4-7,11H,2-3H2,1H3. The van der Waals surface area contributed by atoms with Gasteiger partial charge in [-0.15, -0.1) is 11.6 Å². The van der Waals surface area contributed by atoms with E-state index in [9.17, 15) is 4.79 Å². The van der Waals surface area contributed by atoms with Crippen molar-refractivity contribution in [3.8, 4) is 11.8 Å². The average Bonchev–Trinajstić information content (AvgIpc) is 2.29. The Labute approximate surface area is 99.6 Å². The van der Waals surface area contributed by atoms with Gasteiger partial charge in [0.05, 0.1) is 6.07 Å². The van der Waals surface area contributed by atoms with Gasteiger partial charge in [-0.05, 0) is 25.5 Å². The Balaban J connectivity index is 2.51. The predicted octanol–water partition coefficient (Wildman–Crippen LogP) is 2.81. The molecule has 0 saturated carbocycles. The number of carbonyl (C=O) groups excluding carboxylic acids is 1. The Hall–Kier alpha value is -1.53. The molecule has 0 N–H and O–H groups in total. The first-order chi connectivity index (χ1) is 7.63. The summed E-state index contributed by atoms with van der Waals surface area (Å²) in [5.74, 6) is -0.0426. The fraction of sp³-hybridized carbons (Fsp3) is 0.333. The van der Waals surface area contributed by atoms with E-state index >= 15 is 0 Å². The summed E-state index contributed by atoms with van der Waals surface area (Å²) in [5.41, 5.74) is 1.09. The Morgan fingerprint density at radius 3 is 2.69 bits per heavy atom. The number of esters is 1. The fourth-order valence-electron chi connectivity index (χ4n) is 1.10. The minimum absolute atomic E-state index is 0.247. The van der Waals surface area contributed by atoms with Gasteiger partial charge in [-0.2, -0.15) is 5.26 Å². The quantitative estimate of drug-likeness (QED) is 0.460. The maximum absolute atomic E-state index is 11.4. The number of carbonyl (C=O) groups is 1. The van der Waals surface area contributed by atoms with Crippen LogP contribution in [-0.2, 0) is 4.79 Å². The Kier molecular flexibility index (Phi) is 4.81. The topological polar surface area (TPSA) is 50.1 Å². The van der Waals surface area contributed by atoms with Crippen molar-refractivity contribution in [2.75, 3.05) is 0 Å². The summed E-state index contributed by atoms with van der Waals surface area (Å²) in [6, 6.07) is 9.05. The zero-order valence-corrected chi connectivity index (χ0v) is 9.70. The SMILES string of the molecule is Cc1ccc(OC(=O)C(Cl)CCC#N)cc1. The maximum atomic E-state index is 11.4. The van der Waals surface area contributed by atoms with Gasteiger partial charge in [0.2, 0.25) is 0 Å². The molecule has 1 unspecified atom stereocenters. The zero-order valence-electron chi connectivity index (χ0n) is 8.94. The van der Waals surface area contributed by atoms with Gasteiger partial charge in [0.1, 0.15) is 11.1 Å². The van der Waals surface area contributed by atoms with Crippen LogP contribution >= 0.6 is 11.6 Å². The van der Waals surface area contributed by atoms with E-state index in [1.165, 1.54) is 0 Å². The number of ether oxygens (including phenoxy) is 1. The second-order valence-electron chi connectivity index (χ2n) is 3.40. The van der Waals surface area contributed by atoms with Crippen LogP contribution in [0.4, 0.5) is 0 Å². The summed E-state index contributed by atoms with van der Waals surface area (Å²) in [6.45, 7) is 1.95. The van der Waals surface area contributed by atoms with Crippen LogP contribution in [0.25, 0.3) is 0 Å². The molecule has 0 saturated heterocycles. The third kappa shape index (κ3) is 3.92. The number of nitrogens with zero attached hydrogens (tertiary/aromatic N) is 1. The lowest BCUT2D eigenvalue weighted by Crippen LogP contribution is -2.20. The van der Waals surface area contributed by atoms with E-state index in [1.54, 1.807) is 12.1 Å². The van der Waals surface area contributed by atoms with Crippen LogP contribution in [0.1, 0.15) is 18.4 Å². The van der Waals surface area contributed by atoms with Gasteiger partial charge in [-0.3, -0.25) is 4.79 Å². The number of hydrogen-bond donors (Lipinski definition) is 0. The molecule has 0 fully saturated rings. The first-order valence-electron chi connectivity index (χ1n) is 4.93. The fourth-order valence-corrected chi connectivity index (χ4v) is 1.25. The molecule has 0 radical (unpaired) electrons. The van der Waals surface area contributed by atoms with Gasteiger partial charge in [0.25, 0.3) is 0 Å². The van der Waals surface area contributed by atoms with Crippen molar-refractivity contribution in [3.05, 3.63) is 29.8 Å². The summed E-state index contributed by atoms with van der Waals surface area (Å²) in [5, 5.41) is 7.59. The van der Waals surface area contributed by atoms with Crippen molar-refractivity contribution in [3.63, 3.8) is 0 Å². The Bertz CT molecular complexity index is 394. The lowest BCUT2D eigenvalue weighted by atomic mass is 10.2. The van der Waals surface area contributed by atoms with Crippen molar-refractivity contribution in [2.24, 2.45) is 0 Å².